The van der Waals surface area contributed by atoms with Gasteiger partial charge in [-0.15, -0.1) is 10.2 Å². The van der Waals surface area contributed by atoms with Gasteiger partial charge in [-0.25, -0.2) is 0 Å². The maximum atomic E-state index is 4.11. The molecular formula is C14H12N4. The van der Waals surface area contributed by atoms with Crippen LogP contribution in [0.15, 0.2) is 60.7 Å². The maximum absolute atomic E-state index is 4.11. The van der Waals surface area contributed by atoms with Crippen LogP contribution in [0.25, 0.3) is 11.4 Å². The summed E-state index contributed by atoms with van der Waals surface area (Å²) in [5.74, 6) is 1.40. The fourth-order valence-corrected chi connectivity index (χ4v) is 1.70. The van der Waals surface area contributed by atoms with E-state index in [9.17, 15) is 0 Å². The lowest BCUT2D eigenvalue weighted by Gasteiger charge is -2.00. The number of H-pyrrole nitrogens is 1. The lowest BCUT2D eigenvalue weighted by molar-refractivity contribution is 1.10. The zero-order valence-corrected chi connectivity index (χ0v) is 9.67. The number of benzene rings is 2. The van der Waals surface area contributed by atoms with Crippen LogP contribution in [0.2, 0.25) is 0 Å². The van der Waals surface area contributed by atoms with Crippen molar-refractivity contribution in [3.8, 4) is 11.4 Å². The fourth-order valence-electron chi connectivity index (χ4n) is 1.70. The van der Waals surface area contributed by atoms with Crippen LogP contribution < -0.4 is 5.32 Å². The van der Waals surface area contributed by atoms with Crippen LogP contribution in [0.3, 0.4) is 0 Å². The minimum atomic E-state index is 0.639. The van der Waals surface area contributed by atoms with Gasteiger partial charge >= 0.3 is 0 Å². The van der Waals surface area contributed by atoms with Crippen LogP contribution in [0.4, 0.5) is 11.6 Å². The van der Waals surface area contributed by atoms with Gasteiger partial charge in [0.2, 0.25) is 5.95 Å². The monoisotopic (exact) mass is 236 g/mol. The molecular weight excluding hydrogens is 224 g/mol. The molecule has 88 valence electrons. The lowest BCUT2D eigenvalue weighted by atomic mass is 10.2. The van der Waals surface area contributed by atoms with Crippen molar-refractivity contribution in [2.45, 2.75) is 0 Å². The molecule has 0 aliphatic heterocycles. The summed E-state index contributed by atoms with van der Waals surface area (Å²) in [6, 6.07) is 19.8. The normalized spacial score (nSPS) is 10.2. The molecule has 0 saturated carbocycles. The first-order valence-corrected chi connectivity index (χ1v) is 5.72. The third-order valence-corrected chi connectivity index (χ3v) is 2.57. The minimum Gasteiger partial charge on any atom is -0.324 e. The van der Waals surface area contributed by atoms with Crippen LogP contribution in [0.1, 0.15) is 0 Å². The molecule has 0 spiro atoms. The standard InChI is InChI=1S/C14H12N4/c1-3-7-11(8-4-1)13-16-14(18-17-13)15-12-9-5-2-6-10-12/h1-10H,(H2,15,16,17,18). The average molecular weight is 236 g/mol. The molecule has 0 atom stereocenters. The predicted octanol–water partition coefficient (Wildman–Crippen LogP) is 3.22. The smallest absolute Gasteiger partial charge is 0.226 e. The third-order valence-electron chi connectivity index (χ3n) is 2.57. The van der Waals surface area contributed by atoms with E-state index in [-0.39, 0.29) is 0 Å². The Morgan fingerprint density at radius 2 is 1.44 bits per heavy atom. The quantitative estimate of drug-likeness (QED) is 0.734. The van der Waals surface area contributed by atoms with Gasteiger partial charge in [-0.3, -0.25) is 0 Å². The number of aromatic amines is 1. The number of hydrogen-bond acceptors (Lipinski definition) is 3. The summed E-state index contributed by atoms with van der Waals surface area (Å²) in [7, 11) is 0. The number of rotatable bonds is 3. The molecule has 0 bridgehead atoms. The highest BCUT2D eigenvalue weighted by Gasteiger charge is 2.04. The zero-order valence-electron chi connectivity index (χ0n) is 9.67. The Hall–Kier alpha value is -2.62. The molecule has 0 aliphatic carbocycles. The summed E-state index contributed by atoms with van der Waals surface area (Å²) >= 11 is 0. The summed E-state index contributed by atoms with van der Waals surface area (Å²) in [4.78, 5) is 3.14. The molecule has 4 nitrogen and oxygen atoms in total. The SMILES string of the molecule is c1ccc(Nc2nnc(-c3ccccc3)[nH]2)cc1. The minimum absolute atomic E-state index is 0.639. The van der Waals surface area contributed by atoms with Gasteiger partial charge in [0.1, 0.15) is 0 Å². The summed E-state index contributed by atoms with van der Waals surface area (Å²) in [6.45, 7) is 0. The highest BCUT2D eigenvalue weighted by molar-refractivity contribution is 5.58. The molecule has 0 unspecified atom stereocenters. The van der Waals surface area contributed by atoms with E-state index in [2.05, 4.69) is 20.5 Å². The Balaban J connectivity index is 1.82. The number of hydrogen-bond donors (Lipinski definition) is 2. The van der Waals surface area contributed by atoms with Crippen molar-refractivity contribution in [3.05, 3.63) is 60.7 Å². The van der Waals surface area contributed by atoms with E-state index in [0.29, 0.717) is 5.95 Å². The van der Waals surface area contributed by atoms with E-state index in [0.717, 1.165) is 17.1 Å². The Morgan fingerprint density at radius 3 is 2.17 bits per heavy atom. The van der Waals surface area contributed by atoms with Crippen molar-refractivity contribution in [2.75, 3.05) is 5.32 Å². The van der Waals surface area contributed by atoms with Gasteiger partial charge in [0.25, 0.3) is 0 Å². The first kappa shape index (κ1) is 10.5. The van der Waals surface area contributed by atoms with Gasteiger partial charge in [-0.2, -0.15) is 0 Å². The molecule has 2 aromatic carbocycles. The second kappa shape index (κ2) is 4.71. The van der Waals surface area contributed by atoms with Crippen LogP contribution in [-0.4, -0.2) is 15.2 Å². The zero-order chi connectivity index (χ0) is 12.2. The van der Waals surface area contributed by atoms with E-state index in [4.69, 9.17) is 0 Å². The predicted molar refractivity (Wildman–Crippen MR) is 71.5 cm³/mol. The third kappa shape index (κ3) is 2.22. The maximum Gasteiger partial charge on any atom is 0.226 e. The molecule has 0 saturated heterocycles. The summed E-state index contributed by atoms with van der Waals surface area (Å²) in [5.41, 5.74) is 2.00. The van der Waals surface area contributed by atoms with Gasteiger partial charge in [0.05, 0.1) is 0 Å². The molecule has 4 heteroatoms. The molecule has 0 fully saturated rings. The molecule has 0 amide bonds. The van der Waals surface area contributed by atoms with Gasteiger partial charge in [-0.05, 0) is 12.1 Å². The number of anilines is 2. The molecule has 18 heavy (non-hydrogen) atoms. The molecule has 3 aromatic rings. The van der Waals surface area contributed by atoms with Crippen molar-refractivity contribution < 1.29 is 0 Å². The Bertz CT molecular complexity index is 617. The van der Waals surface area contributed by atoms with E-state index in [1.807, 2.05) is 60.7 Å². The van der Waals surface area contributed by atoms with E-state index in [1.54, 1.807) is 0 Å². The molecule has 1 heterocycles. The highest BCUT2D eigenvalue weighted by atomic mass is 15.3. The van der Waals surface area contributed by atoms with E-state index in [1.165, 1.54) is 0 Å². The largest absolute Gasteiger partial charge is 0.324 e. The number of aromatic nitrogens is 3. The topological polar surface area (TPSA) is 53.6 Å². The van der Waals surface area contributed by atoms with Crippen LogP contribution in [-0.2, 0) is 0 Å². The molecule has 0 aliphatic rings. The molecule has 2 N–H and O–H groups in total. The van der Waals surface area contributed by atoms with Gasteiger partial charge < -0.3 is 10.3 Å². The number of nitrogens with zero attached hydrogens (tertiary/aromatic N) is 2. The number of para-hydroxylation sites is 1. The second-order valence-corrected chi connectivity index (χ2v) is 3.88. The van der Waals surface area contributed by atoms with E-state index >= 15 is 0 Å². The van der Waals surface area contributed by atoms with Crippen molar-refractivity contribution in [1.29, 1.82) is 0 Å². The molecule has 1 aromatic heterocycles. The Kier molecular flexibility index (Phi) is 2.75. The van der Waals surface area contributed by atoms with Crippen LogP contribution >= 0.6 is 0 Å². The van der Waals surface area contributed by atoms with Crippen molar-refractivity contribution in [3.63, 3.8) is 0 Å². The van der Waals surface area contributed by atoms with Crippen LogP contribution in [0.5, 0.6) is 0 Å². The molecule has 3 rings (SSSR count). The Morgan fingerprint density at radius 1 is 0.778 bits per heavy atom. The summed E-state index contributed by atoms with van der Waals surface area (Å²) < 4.78 is 0. The van der Waals surface area contributed by atoms with Crippen molar-refractivity contribution >= 4 is 11.6 Å². The lowest BCUT2D eigenvalue weighted by Crippen LogP contribution is -1.91. The average Bonchev–Trinajstić information content (AvgIpc) is 2.89. The summed E-state index contributed by atoms with van der Waals surface area (Å²) in [6.07, 6.45) is 0. The van der Waals surface area contributed by atoms with Crippen molar-refractivity contribution in [2.24, 2.45) is 0 Å². The van der Waals surface area contributed by atoms with Gasteiger partial charge in [0, 0.05) is 11.3 Å². The number of nitrogens with one attached hydrogen (secondary N) is 2. The van der Waals surface area contributed by atoms with E-state index < -0.39 is 0 Å². The summed E-state index contributed by atoms with van der Waals surface area (Å²) in [5, 5.41) is 11.4. The highest BCUT2D eigenvalue weighted by Crippen LogP contribution is 2.17. The fraction of sp³-hybridized carbons (Fsp3) is 0. The van der Waals surface area contributed by atoms with Gasteiger partial charge in [0.15, 0.2) is 5.82 Å². The second-order valence-electron chi connectivity index (χ2n) is 3.88. The van der Waals surface area contributed by atoms with Gasteiger partial charge in [-0.1, -0.05) is 48.5 Å². The van der Waals surface area contributed by atoms with Crippen molar-refractivity contribution in [1.82, 2.24) is 15.2 Å². The first-order chi connectivity index (χ1) is 8.92. The molecule has 0 radical (unpaired) electrons. The Labute approximate surface area is 105 Å². The first-order valence-electron chi connectivity index (χ1n) is 5.72. The van der Waals surface area contributed by atoms with Crippen LogP contribution in [0, 0.1) is 0 Å².